The SMILES string of the molecule is Nc1ccc(C(=O)NCc2ccc(Cc3cc4ccccc4s3)s2)c(N)n1. The summed E-state index contributed by atoms with van der Waals surface area (Å²) in [6.07, 6.45) is 0.910. The van der Waals surface area contributed by atoms with E-state index in [4.69, 9.17) is 11.5 Å². The van der Waals surface area contributed by atoms with Crippen molar-refractivity contribution < 1.29 is 4.79 Å². The summed E-state index contributed by atoms with van der Waals surface area (Å²) in [5.74, 6) is 0.191. The summed E-state index contributed by atoms with van der Waals surface area (Å²) in [4.78, 5) is 19.9. The molecule has 0 radical (unpaired) electrons. The van der Waals surface area contributed by atoms with Crippen LogP contribution in [0.5, 0.6) is 0 Å². The number of nitrogens with two attached hydrogens (primary N) is 2. The number of carbonyl (C=O) groups excluding carboxylic acids is 1. The van der Waals surface area contributed by atoms with Gasteiger partial charge in [-0.25, -0.2) is 4.98 Å². The first kappa shape index (κ1) is 17.5. The number of nitrogen functional groups attached to an aromatic ring is 2. The number of aromatic nitrogens is 1. The fourth-order valence-corrected chi connectivity index (χ4v) is 5.01. The molecule has 7 heteroatoms. The largest absolute Gasteiger partial charge is 0.384 e. The molecule has 0 fully saturated rings. The van der Waals surface area contributed by atoms with Crippen LogP contribution in [-0.2, 0) is 13.0 Å². The summed E-state index contributed by atoms with van der Waals surface area (Å²) in [6, 6.07) is 18.0. The monoisotopic (exact) mass is 394 g/mol. The van der Waals surface area contributed by atoms with Crippen molar-refractivity contribution in [2.24, 2.45) is 0 Å². The smallest absolute Gasteiger partial charge is 0.255 e. The molecule has 1 amide bonds. The Bertz CT molecular complexity index is 1080. The Kier molecular flexibility index (Phi) is 4.79. The molecular weight excluding hydrogens is 376 g/mol. The van der Waals surface area contributed by atoms with Crippen molar-refractivity contribution in [2.75, 3.05) is 11.5 Å². The van der Waals surface area contributed by atoms with Gasteiger partial charge in [0.25, 0.3) is 5.91 Å². The number of carbonyl (C=O) groups is 1. The predicted octanol–water partition coefficient (Wildman–Crippen LogP) is 4.04. The highest BCUT2D eigenvalue weighted by molar-refractivity contribution is 7.19. The molecule has 0 atom stereocenters. The van der Waals surface area contributed by atoms with Crippen LogP contribution in [0.3, 0.4) is 0 Å². The van der Waals surface area contributed by atoms with E-state index in [1.54, 1.807) is 23.5 Å². The number of nitrogens with zero attached hydrogens (tertiary/aromatic N) is 1. The summed E-state index contributed by atoms with van der Waals surface area (Å²) in [5.41, 5.74) is 11.7. The van der Waals surface area contributed by atoms with Gasteiger partial charge in [-0.15, -0.1) is 22.7 Å². The number of anilines is 2. The van der Waals surface area contributed by atoms with Gasteiger partial charge in [0, 0.05) is 25.8 Å². The molecule has 0 unspecified atom stereocenters. The standard InChI is InChI=1S/C20H18N4OS2/c21-18-8-7-16(19(22)24-18)20(25)23-11-14-6-5-13(26-14)10-15-9-12-3-1-2-4-17(12)27-15/h1-9H,10-11H2,(H,23,25)(H4,21,22,24). The third-order valence-corrected chi connectivity index (χ3v) is 6.36. The second-order valence-electron chi connectivity index (χ2n) is 6.15. The highest BCUT2D eigenvalue weighted by Gasteiger charge is 2.11. The van der Waals surface area contributed by atoms with E-state index in [2.05, 4.69) is 52.8 Å². The van der Waals surface area contributed by atoms with E-state index in [1.165, 1.54) is 19.8 Å². The lowest BCUT2D eigenvalue weighted by Crippen LogP contribution is -2.23. The second kappa shape index (κ2) is 7.38. The Morgan fingerprint density at radius 2 is 1.78 bits per heavy atom. The molecule has 0 aliphatic rings. The van der Waals surface area contributed by atoms with Gasteiger partial charge < -0.3 is 16.8 Å². The first-order valence-corrected chi connectivity index (χ1v) is 10.1. The summed E-state index contributed by atoms with van der Waals surface area (Å²) in [7, 11) is 0. The molecule has 4 aromatic rings. The number of pyridine rings is 1. The van der Waals surface area contributed by atoms with Crippen LogP contribution in [0.25, 0.3) is 10.1 Å². The quantitative estimate of drug-likeness (QED) is 0.476. The van der Waals surface area contributed by atoms with Crippen molar-refractivity contribution >= 4 is 50.3 Å². The second-order valence-corrected chi connectivity index (χ2v) is 8.57. The minimum Gasteiger partial charge on any atom is -0.384 e. The topological polar surface area (TPSA) is 94.0 Å². The first-order chi connectivity index (χ1) is 13.1. The Morgan fingerprint density at radius 3 is 2.59 bits per heavy atom. The van der Waals surface area contributed by atoms with Crippen LogP contribution in [-0.4, -0.2) is 10.9 Å². The van der Waals surface area contributed by atoms with Crippen LogP contribution in [0.2, 0.25) is 0 Å². The fourth-order valence-electron chi connectivity index (χ4n) is 2.85. The number of hydrogen-bond acceptors (Lipinski definition) is 6. The van der Waals surface area contributed by atoms with Crippen LogP contribution in [0.15, 0.2) is 54.6 Å². The number of amides is 1. The van der Waals surface area contributed by atoms with E-state index in [-0.39, 0.29) is 11.7 Å². The Hall–Kier alpha value is -2.90. The Morgan fingerprint density at radius 1 is 0.963 bits per heavy atom. The summed E-state index contributed by atoms with van der Waals surface area (Å²) in [5, 5.41) is 4.18. The number of nitrogens with one attached hydrogen (secondary N) is 1. The number of benzene rings is 1. The van der Waals surface area contributed by atoms with Crippen LogP contribution >= 0.6 is 22.7 Å². The van der Waals surface area contributed by atoms with Crippen molar-refractivity contribution in [3.05, 3.63) is 74.8 Å². The number of thiophene rings is 2. The lowest BCUT2D eigenvalue weighted by molar-refractivity contribution is 0.0952. The van der Waals surface area contributed by atoms with E-state index in [9.17, 15) is 4.79 Å². The first-order valence-electron chi connectivity index (χ1n) is 8.44. The molecule has 0 aliphatic carbocycles. The zero-order chi connectivity index (χ0) is 18.8. The molecule has 0 spiro atoms. The third-order valence-electron chi connectivity index (χ3n) is 4.16. The molecule has 0 bridgehead atoms. The maximum Gasteiger partial charge on any atom is 0.255 e. The van der Waals surface area contributed by atoms with Crippen molar-refractivity contribution in [1.29, 1.82) is 0 Å². The number of rotatable bonds is 5. The molecule has 3 heterocycles. The lowest BCUT2D eigenvalue weighted by Gasteiger charge is -2.06. The Labute approximate surface area is 164 Å². The van der Waals surface area contributed by atoms with Crippen molar-refractivity contribution in [1.82, 2.24) is 10.3 Å². The van der Waals surface area contributed by atoms with Crippen LogP contribution in [0.1, 0.15) is 25.0 Å². The van der Waals surface area contributed by atoms with Gasteiger partial charge in [0.15, 0.2) is 0 Å². The van der Waals surface area contributed by atoms with E-state index < -0.39 is 0 Å². The van der Waals surface area contributed by atoms with Crippen LogP contribution in [0, 0.1) is 0 Å². The zero-order valence-electron chi connectivity index (χ0n) is 14.4. The lowest BCUT2D eigenvalue weighted by atomic mass is 10.2. The number of hydrogen-bond donors (Lipinski definition) is 3. The van der Waals surface area contributed by atoms with E-state index >= 15 is 0 Å². The maximum atomic E-state index is 12.3. The molecule has 0 aliphatic heterocycles. The minimum absolute atomic E-state index is 0.143. The van der Waals surface area contributed by atoms with E-state index in [0.717, 1.165) is 11.3 Å². The van der Waals surface area contributed by atoms with Gasteiger partial charge >= 0.3 is 0 Å². The van der Waals surface area contributed by atoms with Gasteiger partial charge in [0.2, 0.25) is 0 Å². The van der Waals surface area contributed by atoms with Gasteiger partial charge in [-0.3, -0.25) is 4.79 Å². The molecule has 4 rings (SSSR count). The molecule has 0 saturated carbocycles. The highest BCUT2D eigenvalue weighted by Crippen LogP contribution is 2.29. The molecule has 5 nitrogen and oxygen atoms in total. The van der Waals surface area contributed by atoms with E-state index in [0.29, 0.717) is 17.9 Å². The molecular formula is C20H18N4OS2. The molecule has 27 heavy (non-hydrogen) atoms. The maximum absolute atomic E-state index is 12.3. The zero-order valence-corrected chi connectivity index (χ0v) is 16.1. The molecule has 5 N–H and O–H groups in total. The van der Waals surface area contributed by atoms with Gasteiger partial charge in [0.05, 0.1) is 12.1 Å². The molecule has 1 aromatic carbocycles. The molecule has 136 valence electrons. The van der Waals surface area contributed by atoms with Crippen LogP contribution in [0.4, 0.5) is 11.6 Å². The van der Waals surface area contributed by atoms with Gasteiger partial charge in [-0.05, 0) is 41.8 Å². The van der Waals surface area contributed by atoms with Gasteiger partial charge in [-0.1, -0.05) is 18.2 Å². The average molecular weight is 395 g/mol. The van der Waals surface area contributed by atoms with E-state index in [1.807, 2.05) is 11.3 Å². The summed E-state index contributed by atoms with van der Waals surface area (Å²) < 4.78 is 1.31. The van der Waals surface area contributed by atoms with Crippen molar-refractivity contribution in [3.63, 3.8) is 0 Å². The summed E-state index contributed by atoms with van der Waals surface area (Å²) >= 11 is 3.53. The summed E-state index contributed by atoms with van der Waals surface area (Å²) in [6.45, 7) is 0.458. The molecule has 0 saturated heterocycles. The van der Waals surface area contributed by atoms with Gasteiger partial charge in [-0.2, -0.15) is 0 Å². The van der Waals surface area contributed by atoms with Gasteiger partial charge in [0.1, 0.15) is 11.6 Å². The number of fused-ring (bicyclic) bond motifs is 1. The highest BCUT2D eigenvalue weighted by atomic mass is 32.1. The predicted molar refractivity (Wildman–Crippen MR) is 113 cm³/mol. The third kappa shape index (κ3) is 3.94. The Balaban J connectivity index is 1.39. The average Bonchev–Trinajstić information content (AvgIpc) is 3.26. The van der Waals surface area contributed by atoms with Crippen molar-refractivity contribution in [3.8, 4) is 0 Å². The van der Waals surface area contributed by atoms with Crippen molar-refractivity contribution in [2.45, 2.75) is 13.0 Å². The molecule has 3 aromatic heterocycles. The van der Waals surface area contributed by atoms with Crippen LogP contribution < -0.4 is 16.8 Å². The minimum atomic E-state index is -0.251. The fraction of sp³-hybridized carbons (Fsp3) is 0.100. The normalized spacial score (nSPS) is 11.0.